The number of carbonyl (C=O) groups excluding carboxylic acids is 2. The summed E-state index contributed by atoms with van der Waals surface area (Å²) in [5, 5.41) is 0. The van der Waals surface area contributed by atoms with Crippen molar-refractivity contribution in [3.63, 3.8) is 0 Å². The van der Waals surface area contributed by atoms with Gasteiger partial charge in [0, 0.05) is 18.8 Å². The molecule has 20 heavy (non-hydrogen) atoms. The van der Waals surface area contributed by atoms with Gasteiger partial charge in [0.1, 0.15) is 19.8 Å². The van der Waals surface area contributed by atoms with Gasteiger partial charge in [-0.3, -0.25) is 9.69 Å². The van der Waals surface area contributed by atoms with Crippen molar-refractivity contribution in [2.45, 2.75) is 6.54 Å². The Morgan fingerprint density at radius 3 is 2.45 bits per heavy atom. The van der Waals surface area contributed by atoms with E-state index in [-0.39, 0.29) is 25.0 Å². The molecule has 3 rings (SSSR count). The molecule has 106 valence electrons. The van der Waals surface area contributed by atoms with Gasteiger partial charge in [-0.05, 0) is 11.6 Å². The van der Waals surface area contributed by atoms with Crippen LogP contribution in [0.3, 0.4) is 0 Å². The summed E-state index contributed by atoms with van der Waals surface area (Å²) in [7, 11) is 1.59. The number of amides is 3. The second kappa shape index (κ2) is 4.59. The van der Waals surface area contributed by atoms with Crippen LogP contribution in [0.25, 0.3) is 0 Å². The zero-order valence-corrected chi connectivity index (χ0v) is 11.1. The third-order valence-electron chi connectivity index (χ3n) is 3.36. The number of anilines is 1. The molecule has 0 saturated carbocycles. The van der Waals surface area contributed by atoms with E-state index in [9.17, 15) is 9.59 Å². The fourth-order valence-electron chi connectivity index (χ4n) is 2.28. The Morgan fingerprint density at radius 1 is 1.20 bits per heavy atom. The molecule has 0 aliphatic carbocycles. The van der Waals surface area contributed by atoms with Crippen molar-refractivity contribution in [2.75, 3.05) is 32.5 Å². The standard InChI is InChI=1S/C13H15N3O4/c1-15-7-12(17)16(13(15)18)6-8-4-10-11(5-9(8)14)20-3-2-19-10/h4-5H,2-3,6-7,14H2,1H3. The van der Waals surface area contributed by atoms with E-state index in [2.05, 4.69) is 0 Å². The smallest absolute Gasteiger partial charge is 0.327 e. The third-order valence-corrected chi connectivity index (χ3v) is 3.36. The van der Waals surface area contributed by atoms with Gasteiger partial charge in [-0.1, -0.05) is 0 Å². The monoisotopic (exact) mass is 277 g/mol. The Hall–Kier alpha value is -2.44. The molecule has 1 aromatic carbocycles. The number of carbonyl (C=O) groups is 2. The second-order valence-electron chi connectivity index (χ2n) is 4.81. The average molecular weight is 277 g/mol. The molecule has 0 spiro atoms. The van der Waals surface area contributed by atoms with E-state index in [0.29, 0.717) is 36.0 Å². The van der Waals surface area contributed by atoms with Gasteiger partial charge in [0.25, 0.3) is 5.91 Å². The number of benzene rings is 1. The van der Waals surface area contributed by atoms with E-state index in [0.717, 1.165) is 0 Å². The molecule has 2 N–H and O–H groups in total. The van der Waals surface area contributed by atoms with Crippen molar-refractivity contribution in [1.82, 2.24) is 9.80 Å². The number of urea groups is 1. The molecule has 0 aromatic heterocycles. The average Bonchev–Trinajstić information content (AvgIpc) is 2.66. The maximum atomic E-state index is 11.9. The summed E-state index contributed by atoms with van der Waals surface area (Å²) in [4.78, 5) is 26.2. The number of nitrogens with zero attached hydrogens (tertiary/aromatic N) is 2. The van der Waals surface area contributed by atoms with Crippen LogP contribution >= 0.6 is 0 Å². The van der Waals surface area contributed by atoms with E-state index in [1.54, 1.807) is 19.2 Å². The molecule has 1 fully saturated rings. The highest BCUT2D eigenvalue weighted by atomic mass is 16.6. The van der Waals surface area contributed by atoms with Crippen LogP contribution in [0.1, 0.15) is 5.56 Å². The minimum absolute atomic E-state index is 0.100. The first kappa shape index (κ1) is 12.6. The molecule has 2 heterocycles. The van der Waals surface area contributed by atoms with Crippen LogP contribution in [0, 0.1) is 0 Å². The van der Waals surface area contributed by atoms with Gasteiger partial charge >= 0.3 is 6.03 Å². The summed E-state index contributed by atoms with van der Waals surface area (Å²) >= 11 is 0. The van der Waals surface area contributed by atoms with E-state index < -0.39 is 0 Å². The lowest BCUT2D eigenvalue weighted by Gasteiger charge is -2.21. The molecular formula is C13H15N3O4. The Morgan fingerprint density at radius 2 is 1.85 bits per heavy atom. The third kappa shape index (κ3) is 2.01. The van der Waals surface area contributed by atoms with Crippen LogP contribution in [-0.2, 0) is 11.3 Å². The van der Waals surface area contributed by atoms with Crippen molar-refractivity contribution in [3.8, 4) is 11.5 Å². The van der Waals surface area contributed by atoms with Crippen molar-refractivity contribution in [3.05, 3.63) is 17.7 Å². The van der Waals surface area contributed by atoms with Gasteiger partial charge in [0.2, 0.25) is 0 Å². The first-order chi connectivity index (χ1) is 9.56. The first-order valence-electron chi connectivity index (χ1n) is 6.29. The van der Waals surface area contributed by atoms with Gasteiger partial charge < -0.3 is 20.1 Å². The quantitative estimate of drug-likeness (QED) is 0.626. The minimum Gasteiger partial charge on any atom is -0.486 e. The summed E-state index contributed by atoms with van der Waals surface area (Å²) in [6.07, 6.45) is 0. The molecule has 3 amide bonds. The Balaban J connectivity index is 1.87. The molecule has 1 saturated heterocycles. The number of nitrogens with two attached hydrogens (primary N) is 1. The summed E-state index contributed by atoms with van der Waals surface area (Å²) in [6, 6.07) is 3.07. The molecule has 0 radical (unpaired) electrons. The van der Waals surface area contributed by atoms with Crippen LogP contribution in [0.5, 0.6) is 11.5 Å². The number of rotatable bonds is 2. The lowest BCUT2D eigenvalue weighted by molar-refractivity contribution is -0.125. The molecule has 0 atom stereocenters. The Bertz CT molecular complexity index is 587. The zero-order chi connectivity index (χ0) is 14.3. The van der Waals surface area contributed by atoms with Crippen LogP contribution in [0.4, 0.5) is 10.5 Å². The fourth-order valence-corrected chi connectivity index (χ4v) is 2.28. The fraction of sp³-hybridized carbons (Fsp3) is 0.385. The maximum Gasteiger partial charge on any atom is 0.327 e. The van der Waals surface area contributed by atoms with Gasteiger partial charge in [0.15, 0.2) is 11.5 Å². The van der Waals surface area contributed by atoms with Crippen LogP contribution in [-0.4, -0.2) is 48.5 Å². The number of likely N-dealkylation sites (N-methyl/N-ethyl adjacent to an activating group) is 1. The first-order valence-corrected chi connectivity index (χ1v) is 6.29. The molecule has 7 heteroatoms. The SMILES string of the molecule is CN1CC(=O)N(Cc2cc3c(cc2N)OCCO3)C1=O. The minimum atomic E-state index is -0.315. The normalized spacial score (nSPS) is 17.9. The van der Waals surface area contributed by atoms with E-state index in [1.165, 1.54) is 9.80 Å². The predicted octanol–water partition coefficient (Wildman–Crippen LogP) is 0.434. The molecule has 2 aliphatic rings. The van der Waals surface area contributed by atoms with Crippen LogP contribution in [0.15, 0.2) is 12.1 Å². The number of nitrogen functional groups attached to an aromatic ring is 1. The summed E-state index contributed by atoms with van der Waals surface area (Å²) < 4.78 is 10.9. The van der Waals surface area contributed by atoms with Crippen molar-refractivity contribution in [2.24, 2.45) is 0 Å². The molecule has 7 nitrogen and oxygen atoms in total. The summed E-state index contributed by atoms with van der Waals surface area (Å²) in [5.74, 6) is 0.952. The highest BCUT2D eigenvalue weighted by Crippen LogP contribution is 2.35. The topological polar surface area (TPSA) is 85.1 Å². The predicted molar refractivity (Wildman–Crippen MR) is 70.4 cm³/mol. The van der Waals surface area contributed by atoms with Crippen molar-refractivity contribution in [1.29, 1.82) is 0 Å². The molecule has 2 aliphatic heterocycles. The van der Waals surface area contributed by atoms with E-state index in [1.807, 2.05) is 0 Å². The van der Waals surface area contributed by atoms with Crippen molar-refractivity contribution >= 4 is 17.6 Å². The lowest BCUT2D eigenvalue weighted by atomic mass is 10.1. The number of fused-ring (bicyclic) bond motifs is 1. The lowest BCUT2D eigenvalue weighted by Crippen LogP contribution is -2.31. The molecular weight excluding hydrogens is 262 g/mol. The molecule has 0 unspecified atom stereocenters. The van der Waals surface area contributed by atoms with Gasteiger partial charge in [-0.2, -0.15) is 0 Å². The maximum absolute atomic E-state index is 11.9. The van der Waals surface area contributed by atoms with Gasteiger partial charge in [-0.25, -0.2) is 4.79 Å². The number of imide groups is 1. The Kier molecular flexibility index (Phi) is 2.89. The van der Waals surface area contributed by atoms with Gasteiger partial charge in [0.05, 0.1) is 6.54 Å². The summed E-state index contributed by atoms with van der Waals surface area (Å²) in [5.41, 5.74) is 7.10. The number of hydrogen-bond acceptors (Lipinski definition) is 5. The zero-order valence-electron chi connectivity index (χ0n) is 11.1. The largest absolute Gasteiger partial charge is 0.486 e. The van der Waals surface area contributed by atoms with E-state index >= 15 is 0 Å². The van der Waals surface area contributed by atoms with Crippen LogP contribution < -0.4 is 15.2 Å². The molecule has 1 aromatic rings. The number of ether oxygens (including phenoxy) is 2. The molecule has 0 bridgehead atoms. The van der Waals surface area contributed by atoms with Gasteiger partial charge in [-0.15, -0.1) is 0 Å². The highest BCUT2D eigenvalue weighted by Gasteiger charge is 2.34. The van der Waals surface area contributed by atoms with E-state index in [4.69, 9.17) is 15.2 Å². The number of hydrogen-bond donors (Lipinski definition) is 1. The Labute approximate surface area is 115 Å². The van der Waals surface area contributed by atoms with Crippen molar-refractivity contribution < 1.29 is 19.1 Å². The second-order valence-corrected chi connectivity index (χ2v) is 4.81. The van der Waals surface area contributed by atoms with Crippen LogP contribution in [0.2, 0.25) is 0 Å². The highest BCUT2D eigenvalue weighted by molar-refractivity contribution is 6.01. The summed E-state index contributed by atoms with van der Waals surface area (Å²) in [6.45, 7) is 1.20.